The summed E-state index contributed by atoms with van der Waals surface area (Å²) < 4.78 is 25.9. The molecule has 2 N–H and O–H groups in total. The third-order valence-corrected chi connectivity index (χ3v) is 5.21. The van der Waals surface area contributed by atoms with Gasteiger partial charge in [0.25, 0.3) is 0 Å². The average molecular weight is 400 g/mol. The topological polar surface area (TPSA) is 75.7 Å². The van der Waals surface area contributed by atoms with Gasteiger partial charge in [0.15, 0.2) is 11.6 Å². The number of ether oxygens (including phenoxy) is 2. The van der Waals surface area contributed by atoms with Gasteiger partial charge in [0.2, 0.25) is 11.8 Å². The second kappa shape index (κ2) is 8.65. The van der Waals surface area contributed by atoms with Gasteiger partial charge < -0.3 is 25.0 Å². The normalized spacial score (nSPS) is 19.0. The SMILES string of the molecule is COc1nc(N2CC(Oc3ccccc3)C2)c(F)cc1CNC(=O)[C@@H]1CCCN1. The molecule has 2 aliphatic rings. The number of nitrogens with zero attached hydrogens (tertiary/aromatic N) is 2. The van der Waals surface area contributed by atoms with Gasteiger partial charge in [-0.15, -0.1) is 0 Å². The van der Waals surface area contributed by atoms with Crippen LogP contribution in [0.3, 0.4) is 0 Å². The van der Waals surface area contributed by atoms with Crippen molar-refractivity contribution in [2.75, 3.05) is 31.6 Å². The van der Waals surface area contributed by atoms with E-state index in [-0.39, 0.29) is 30.4 Å². The number of hydrogen-bond donors (Lipinski definition) is 2. The Kier molecular flexibility index (Phi) is 5.80. The van der Waals surface area contributed by atoms with Gasteiger partial charge in [-0.1, -0.05) is 18.2 Å². The Bertz CT molecular complexity index is 853. The minimum atomic E-state index is -0.438. The Morgan fingerprint density at radius 1 is 1.34 bits per heavy atom. The zero-order valence-electron chi connectivity index (χ0n) is 16.4. The number of hydrogen-bond acceptors (Lipinski definition) is 6. The van der Waals surface area contributed by atoms with Crippen LogP contribution in [0.15, 0.2) is 36.4 Å². The molecule has 0 saturated carbocycles. The molecule has 0 unspecified atom stereocenters. The highest BCUT2D eigenvalue weighted by atomic mass is 19.1. The molecule has 2 aliphatic heterocycles. The number of rotatable bonds is 7. The fourth-order valence-electron chi connectivity index (χ4n) is 3.62. The number of amides is 1. The van der Waals surface area contributed by atoms with Crippen molar-refractivity contribution >= 4 is 11.7 Å². The number of pyridine rings is 1. The van der Waals surface area contributed by atoms with Crippen molar-refractivity contribution in [1.29, 1.82) is 0 Å². The lowest BCUT2D eigenvalue weighted by atomic mass is 10.1. The van der Waals surface area contributed by atoms with E-state index in [9.17, 15) is 9.18 Å². The standard InChI is InChI=1S/C21H25FN4O3/c1-28-21-14(11-24-20(27)18-8-5-9-23-18)10-17(22)19(25-21)26-12-16(13-26)29-15-6-3-2-4-7-15/h2-4,6-7,10,16,18,23H,5,8-9,11-13H2,1H3,(H,24,27)/t18-/m0/s1. The van der Waals surface area contributed by atoms with Crippen LogP contribution >= 0.6 is 0 Å². The molecular weight excluding hydrogens is 375 g/mol. The van der Waals surface area contributed by atoms with Gasteiger partial charge in [0.05, 0.1) is 26.2 Å². The van der Waals surface area contributed by atoms with Crippen LogP contribution in [0, 0.1) is 5.82 Å². The number of nitrogens with one attached hydrogen (secondary N) is 2. The Balaban J connectivity index is 1.37. The van der Waals surface area contributed by atoms with Crippen LogP contribution in [0.4, 0.5) is 10.2 Å². The number of carbonyl (C=O) groups excluding carboxylic acids is 1. The third-order valence-electron chi connectivity index (χ3n) is 5.21. The molecule has 2 fully saturated rings. The second-order valence-corrected chi connectivity index (χ2v) is 7.29. The Labute approximate surface area is 169 Å². The van der Waals surface area contributed by atoms with Gasteiger partial charge in [-0.25, -0.2) is 4.39 Å². The van der Waals surface area contributed by atoms with Gasteiger partial charge in [-0.3, -0.25) is 4.79 Å². The first kappa shape index (κ1) is 19.4. The molecule has 29 heavy (non-hydrogen) atoms. The van der Waals surface area contributed by atoms with Gasteiger partial charge >= 0.3 is 0 Å². The van der Waals surface area contributed by atoms with E-state index in [1.54, 1.807) is 0 Å². The molecular formula is C21H25FN4O3. The van der Waals surface area contributed by atoms with Crippen molar-refractivity contribution in [1.82, 2.24) is 15.6 Å². The lowest BCUT2D eigenvalue weighted by Gasteiger charge is -2.40. The first-order chi connectivity index (χ1) is 14.1. The van der Waals surface area contributed by atoms with E-state index in [2.05, 4.69) is 15.6 Å². The van der Waals surface area contributed by atoms with Crippen LogP contribution in [-0.2, 0) is 11.3 Å². The number of anilines is 1. The molecule has 3 heterocycles. The summed E-state index contributed by atoms with van der Waals surface area (Å²) >= 11 is 0. The summed E-state index contributed by atoms with van der Waals surface area (Å²) in [7, 11) is 1.49. The van der Waals surface area contributed by atoms with Crippen molar-refractivity contribution in [3.8, 4) is 11.6 Å². The molecule has 1 amide bonds. The van der Waals surface area contributed by atoms with Gasteiger partial charge in [-0.2, -0.15) is 4.98 Å². The highest BCUT2D eigenvalue weighted by Gasteiger charge is 2.32. The molecule has 2 saturated heterocycles. The second-order valence-electron chi connectivity index (χ2n) is 7.29. The largest absolute Gasteiger partial charge is 0.487 e. The molecule has 154 valence electrons. The highest BCUT2D eigenvalue weighted by molar-refractivity contribution is 5.82. The minimum absolute atomic E-state index is 0.0116. The summed E-state index contributed by atoms with van der Waals surface area (Å²) in [6, 6.07) is 10.8. The minimum Gasteiger partial charge on any atom is -0.487 e. The van der Waals surface area contributed by atoms with Crippen molar-refractivity contribution < 1.29 is 18.7 Å². The van der Waals surface area contributed by atoms with Crippen LogP contribution in [0.2, 0.25) is 0 Å². The zero-order chi connectivity index (χ0) is 20.2. The smallest absolute Gasteiger partial charge is 0.237 e. The van der Waals surface area contributed by atoms with E-state index in [1.165, 1.54) is 13.2 Å². The Hall–Kier alpha value is -2.87. The van der Waals surface area contributed by atoms with E-state index < -0.39 is 5.82 Å². The first-order valence-electron chi connectivity index (χ1n) is 9.85. The van der Waals surface area contributed by atoms with Crippen molar-refractivity contribution in [2.45, 2.75) is 31.5 Å². The summed E-state index contributed by atoms with van der Waals surface area (Å²) in [5.41, 5.74) is 0.512. The number of halogens is 1. The van der Waals surface area contributed by atoms with E-state index in [4.69, 9.17) is 9.47 Å². The number of carbonyl (C=O) groups is 1. The predicted molar refractivity (Wildman–Crippen MR) is 107 cm³/mol. The number of para-hydroxylation sites is 1. The third kappa shape index (κ3) is 4.42. The zero-order valence-corrected chi connectivity index (χ0v) is 16.4. The monoisotopic (exact) mass is 400 g/mol. The molecule has 7 nitrogen and oxygen atoms in total. The number of benzene rings is 1. The number of methoxy groups -OCH3 is 1. The van der Waals surface area contributed by atoms with E-state index in [0.717, 1.165) is 25.1 Å². The molecule has 1 atom stereocenters. The average Bonchev–Trinajstić information content (AvgIpc) is 3.25. The highest BCUT2D eigenvalue weighted by Crippen LogP contribution is 2.29. The lowest BCUT2D eigenvalue weighted by molar-refractivity contribution is -0.122. The Morgan fingerprint density at radius 3 is 2.83 bits per heavy atom. The molecule has 1 aromatic heterocycles. The van der Waals surface area contributed by atoms with E-state index >= 15 is 0 Å². The summed E-state index contributed by atoms with van der Waals surface area (Å²) in [4.78, 5) is 18.3. The van der Waals surface area contributed by atoms with Crippen molar-refractivity contribution in [2.24, 2.45) is 0 Å². The van der Waals surface area contributed by atoms with Crippen LogP contribution in [0.1, 0.15) is 18.4 Å². The molecule has 0 bridgehead atoms. The van der Waals surface area contributed by atoms with Gasteiger partial charge in [-0.05, 0) is 37.6 Å². The summed E-state index contributed by atoms with van der Waals surface area (Å²) in [6.07, 6.45) is 1.79. The maximum Gasteiger partial charge on any atom is 0.237 e. The molecule has 0 spiro atoms. The Morgan fingerprint density at radius 2 is 2.14 bits per heavy atom. The number of aromatic nitrogens is 1. The molecule has 0 aliphatic carbocycles. The van der Waals surface area contributed by atoms with Crippen LogP contribution in [0.5, 0.6) is 11.6 Å². The molecule has 0 radical (unpaired) electrons. The first-order valence-corrected chi connectivity index (χ1v) is 9.85. The van der Waals surface area contributed by atoms with Crippen LogP contribution < -0.4 is 25.0 Å². The maximum absolute atomic E-state index is 14.7. The van der Waals surface area contributed by atoms with Crippen LogP contribution in [0.25, 0.3) is 0 Å². The summed E-state index contributed by atoms with van der Waals surface area (Å²) in [5.74, 6) is 0.826. The predicted octanol–water partition coefficient (Wildman–Crippen LogP) is 1.87. The van der Waals surface area contributed by atoms with Gasteiger partial charge in [0.1, 0.15) is 11.9 Å². The van der Waals surface area contributed by atoms with Crippen molar-refractivity contribution in [3.63, 3.8) is 0 Å². The lowest BCUT2D eigenvalue weighted by Crippen LogP contribution is -2.54. The molecule has 8 heteroatoms. The van der Waals surface area contributed by atoms with Crippen LogP contribution in [-0.4, -0.2) is 49.8 Å². The maximum atomic E-state index is 14.7. The fourth-order valence-corrected chi connectivity index (χ4v) is 3.62. The summed E-state index contributed by atoms with van der Waals surface area (Å²) in [5, 5.41) is 5.97. The fraction of sp³-hybridized carbons (Fsp3) is 0.429. The quantitative estimate of drug-likeness (QED) is 0.739. The summed E-state index contributed by atoms with van der Waals surface area (Å²) in [6.45, 7) is 2.11. The van der Waals surface area contributed by atoms with Gasteiger partial charge in [0, 0.05) is 12.1 Å². The van der Waals surface area contributed by atoms with E-state index in [0.29, 0.717) is 24.5 Å². The van der Waals surface area contributed by atoms with E-state index in [1.807, 2.05) is 35.2 Å². The molecule has 2 aromatic rings. The molecule has 1 aromatic carbocycles. The van der Waals surface area contributed by atoms with Crippen molar-refractivity contribution in [3.05, 3.63) is 47.8 Å². The molecule has 4 rings (SSSR count).